The Balaban J connectivity index is 1.44. The van der Waals surface area contributed by atoms with Gasteiger partial charge in [0.2, 0.25) is 0 Å². The zero-order valence-electron chi connectivity index (χ0n) is 17.6. The molecule has 0 saturated carbocycles. The normalized spacial score (nSPS) is 12.0. The van der Waals surface area contributed by atoms with E-state index in [1.165, 1.54) is 0 Å². The lowest BCUT2D eigenvalue weighted by Gasteiger charge is -2.15. The Labute approximate surface area is 176 Å². The molecule has 0 bridgehead atoms. The summed E-state index contributed by atoms with van der Waals surface area (Å²) in [5.74, 6) is 0.838. The number of aromatic nitrogens is 4. The first-order valence-electron chi connectivity index (χ1n) is 9.97. The lowest BCUT2D eigenvalue weighted by atomic mass is 10.1. The number of aryl methyl sites for hydroxylation is 3. The molecule has 0 spiro atoms. The Bertz CT molecular complexity index is 1170. The molecular formula is C24H25N5O. The van der Waals surface area contributed by atoms with Gasteiger partial charge in [0.15, 0.2) is 0 Å². The number of carbonyl (C=O) groups excluding carboxylic acids is 1. The van der Waals surface area contributed by atoms with Crippen molar-refractivity contribution in [3.63, 3.8) is 0 Å². The quantitative estimate of drug-likeness (QED) is 0.538. The van der Waals surface area contributed by atoms with Crippen molar-refractivity contribution >= 4 is 5.91 Å². The molecule has 6 nitrogen and oxygen atoms in total. The molecule has 1 amide bonds. The van der Waals surface area contributed by atoms with Gasteiger partial charge >= 0.3 is 0 Å². The van der Waals surface area contributed by atoms with Crippen LogP contribution >= 0.6 is 0 Å². The molecule has 0 aliphatic rings. The van der Waals surface area contributed by atoms with Crippen LogP contribution in [0.25, 0.3) is 11.4 Å². The predicted octanol–water partition coefficient (Wildman–Crippen LogP) is 4.47. The second-order valence-electron chi connectivity index (χ2n) is 7.52. The molecule has 2 aromatic carbocycles. The van der Waals surface area contributed by atoms with Gasteiger partial charge in [-0.15, -0.1) is 0 Å². The minimum absolute atomic E-state index is 0.100. The van der Waals surface area contributed by atoms with E-state index in [2.05, 4.69) is 15.4 Å². The number of carbonyl (C=O) groups is 1. The summed E-state index contributed by atoms with van der Waals surface area (Å²) in [7, 11) is 0. The van der Waals surface area contributed by atoms with Crippen LogP contribution in [0.5, 0.6) is 0 Å². The Morgan fingerprint density at radius 3 is 2.20 bits per heavy atom. The molecule has 2 aromatic heterocycles. The lowest BCUT2D eigenvalue weighted by Crippen LogP contribution is -2.26. The number of imidazole rings is 1. The Hall–Kier alpha value is -3.67. The molecule has 0 unspecified atom stereocenters. The first-order chi connectivity index (χ1) is 14.4. The first kappa shape index (κ1) is 19.6. The van der Waals surface area contributed by atoms with Crippen molar-refractivity contribution in [3.8, 4) is 11.4 Å². The number of nitrogens with one attached hydrogen (secondary N) is 1. The molecule has 4 aromatic rings. The van der Waals surface area contributed by atoms with Gasteiger partial charge < -0.3 is 9.88 Å². The summed E-state index contributed by atoms with van der Waals surface area (Å²) >= 11 is 0. The fraction of sp³-hybridized carbons (Fsp3) is 0.208. The van der Waals surface area contributed by atoms with E-state index in [9.17, 15) is 4.79 Å². The van der Waals surface area contributed by atoms with Gasteiger partial charge in [-0.2, -0.15) is 5.10 Å². The van der Waals surface area contributed by atoms with Gasteiger partial charge in [-0.05, 0) is 75.7 Å². The second kappa shape index (κ2) is 7.99. The highest BCUT2D eigenvalue weighted by atomic mass is 16.1. The molecule has 0 saturated heterocycles. The average molecular weight is 399 g/mol. The minimum atomic E-state index is -0.105. The van der Waals surface area contributed by atoms with Crippen molar-refractivity contribution in [3.05, 3.63) is 95.3 Å². The maximum absolute atomic E-state index is 12.7. The Morgan fingerprint density at radius 1 is 0.967 bits per heavy atom. The zero-order valence-corrected chi connectivity index (χ0v) is 17.6. The van der Waals surface area contributed by atoms with Crippen molar-refractivity contribution in [2.75, 3.05) is 0 Å². The Kier molecular flexibility index (Phi) is 5.23. The topological polar surface area (TPSA) is 64.7 Å². The van der Waals surface area contributed by atoms with Crippen LogP contribution in [0.2, 0.25) is 0 Å². The van der Waals surface area contributed by atoms with E-state index < -0.39 is 0 Å². The lowest BCUT2D eigenvalue weighted by molar-refractivity contribution is 0.0940. The molecule has 6 heteroatoms. The summed E-state index contributed by atoms with van der Waals surface area (Å²) in [6, 6.07) is 17.6. The number of hydrogen-bond donors (Lipinski definition) is 1. The summed E-state index contributed by atoms with van der Waals surface area (Å²) in [5, 5.41) is 7.56. The SMILES string of the molecule is Cc1cc(C)n(-c2ccc(C(=O)N[C@@H](C)c3ccc(-n4ccnc4C)cc3)cc2)n1. The summed E-state index contributed by atoms with van der Waals surface area (Å²) in [4.78, 5) is 17.0. The second-order valence-corrected chi connectivity index (χ2v) is 7.52. The monoisotopic (exact) mass is 399 g/mol. The van der Waals surface area contributed by atoms with Gasteiger partial charge in [-0.25, -0.2) is 9.67 Å². The molecule has 4 rings (SSSR count). The van der Waals surface area contributed by atoms with E-state index in [0.29, 0.717) is 5.56 Å². The van der Waals surface area contributed by atoms with Crippen LogP contribution in [0.4, 0.5) is 0 Å². The van der Waals surface area contributed by atoms with Gasteiger partial charge in [0.25, 0.3) is 5.91 Å². The van der Waals surface area contributed by atoms with Crippen LogP contribution in [0.3, 0.4) is 0 Å². The van der Waals surface area contributed by atoms with Gasteiger partial charge in [0.1, 0.15) is 5.82 Å². The summed E-state index contributed by atoms with van der Waals surface area (Å²) in [6.07, 6.45) is 3.72. The summed E-state index contributed by atoms with van der Waals surface area (Å²) in [6.45, 7) is 7.94. The molecule has 0 fully saturated rings. The van der Waals surface area contributed by atoms with E-state index in [1.54, 1.807) is 6.20 Å². The third-order valence-corrected chi connectivity index (χ3v) is 5.23. The Morgan fingerprint density at radius 2 is 1.63 bits per heavy atom. The molecule has 1 N–H and O–H groups in total. The largest absolute Gasteiger partial charge is 0.346 e. The third kappa shape index (κ3) is 3.89. The van der Waals surface area contributed by atoms with Crippen LogP contribution in [0.15, 0.2) is 67.0 Å². The smallest absolute Gasteiger partial charge is 0.251 e. The van der Waals surface area contributed by atoms with Gasteiger partial charge in [-0.3, -0.25) is 4.79 Å². The summed E-state index contributed by atoms with van der Waals surface area (Å²) < 4.78 is 3.90. The molecule has 2 heterocycles. The highest BCUT2D eigenvalue weighted by molar-refractivity contribution is 5.94. The van der Waals surface area contributed by atoms with Crippen molar-refractivity contribution in [2.24, 2.45) is 0 Å². The molecule has 0 aliphatic heterocycles. The van der Waals surface area contributed by atoms with Gasteiger partial charge in [-0.1, -0.05) is 12.1 Å². The van der Waals surface area contributed by atoms with E-state index in [0.717, 1.165) is 34.2 Å². The highest BCUT2D eigenvalue weighted by Gasteiger charge is 2.13. The number of rotatable bonds is 5. The molecule has 1 atom stereocenters. The van der Waals surface area contributed by atoms with E-state index in [-0.39, 0.29) is 11.9 Å². The van der Waals surface area contributed by atoms with E-state index in [4.69, 9.17) is 0 Å². The molecule has 0 radical (unpaired) electrons. The third-order valence-electron chi connectivity index (χ3n) is 5.23. The van der Waals surface area contributed by atoms with Crippen molar-refractivity contribution in [1.29, 1.82) is 0 Å². The number of hydrogen-bond acceptors (Lipinski definition) is 3. The first-order valence-corrected chi connectivity index (χ1v) is 9.97. The van der Waals surface area contributed by atoms with E-state index >= 15 is 0 Å². The van der Waals surface area contributed by atoms with Crippen LogP contribution in [-0.4, -0.2) is 25.2 Å². The fourth-order valence-corrected chi connectivity index (χ4v) is 3.58. The average Bonchev–Trinajstić information content (AvgIpc) is 3.32. The van der Waals surface area contributed by atoms with Crippen molar-refractivity contribution in [1.82, 2.24) is 24.6 Å². The molecular weight excluding hydrogens is 374 g/mol. The minimum Gasteiger partial charge on any atom is -0.346 e. The molecule has 152 valence electrons. The zero-order chi connectivity index (χ0) is 21.3. The predicted molar refractivity (Wildman–Crippen MR) is 117 cm³/mol. The van der Waals surface area contributed by atoms with E-state index in [1.807, 2.05) is 97.7 Å². The maximum atomic E-state index is 12.7. The molecule has 30 heavy (non-hydrogen) atoms. The molecule has 0 aliphatic carbocycles. The number of benzene rings is 2. The maximum Gasteiger partial charge on any atom is 0.251 e. The summed E-state index contributed by atoms with van der Waals surface area (Å²) in [5.41, 5.74) is 5.69. The fourth-order valence-electron chi connectivity index (χ4n) is 3.58. The number of amides is 1. The standard InChI is InChI=1S/C24H25N5O/c1-16-15-17(2)29(27-16)23-11-7-21(8-12-23)24(30)26-18(3)20-5-9-22(10-6-20)28-14-13-25-19(28)4/h5-15,18H,1-4H3,(H,26,30)/t18-/m0/s1. The van der Waals surface area contributed by atoms with Gasteiger partial charge in [0, 0.05) is 29.3 Å². The van der Waals surface area contributed by atoms with Crippen LogP contribution in [-0.2, 0) is 0 Å². The van der Waals surface area contributed by atoms with Crippen LogP contribution in [0.1, 0.15) is 46.1 Å². The number of nitrogens with zero attached hydrogens (tertiary/aromatic N) is 4. The van der Waals surface area contributed by atoms with Crippen LogP contribution in [0, 0.1) is 20.8 Å². The van der Waals surface area contributed by atoms with Crippen LogP contribution < -0.4 is 5.32 Å². The highest BCUT2D eigenvalue weighted by Crippen LogP contribution is 2.18. The van der Waals surface area contributed by atoms with Crippen molar-refractivity contribution < 1.29 is 4.79 Å². The van der Waals surface area contributed by atoms with Gasteiger partial charge in [0.05, 0.1) is 17.4 Å². The van der Waals surface area contributed by atoms with Crippen molar-refractivity contribution in [2.45, 2.75) is 33.7 Å².